The van der Waals surface area contributed by atoms with Crippen LogP contribution in [0.15, 0.2) is 24.3 Å². The van der Waals surface area contributed by atoms with Gasteiger partial charge < -0.3 is 33.8 Å². The van der Waals surface area contributed by atoms with E-state index in [1.54, 1.807) is 0 Å². The van der Waals surface area contributed by atoms with Crippen LogP contribution in [-0.2, 0) is 65.4 Å². The number of aliphatic hydroxyl groups is 1. The van der Waals surface area contributed by atoms with Crippen molar-refractivity contribution in [2.45, 2.75) is 323 Å². The van der Waals surface area contributed by atoms with E-state index < -0.39 is 97.5 Å². The van der Waals surface area contributed by atoms with Crippen molar-refractivity contribution in [2.75, 3.05) is 39.6 Å². The van der Waals surface area contributed by atoms with E-state index in [-0.39, 0.29) is 25.7 Å². The van der Waals surface area contributed by atoms with Gasteiger partial charge in [-0.2, -0.15) is 0 Å². The van der Waals surface area contributed by atoms with Crippen molar-refractivity contribution >= 4 is 39.5 Å². The number of carbonyl (C=O) groups is 4. The molecule has 0 rings (SSSR count). The Morgan fingerprint density at radius 2 is 0.643 bits per heavy atom. The molecule has 0 amide bonds. The van der Waals surface area contributed by atoms with E-state index >= 15 is 0 Å². The predicted molar refractivity (Wildman–Crippen MR) is 335 cm³/mol. The van der Waals surface area contributed by atoms with Crippen LogP contribution in [0.1, 0.15) is 304 Å². The molecule has 0 aliphatic rings. The Hall–Kier alpha value is -2.46. The number of unbranched alkanes of at least 4 members (excludes halogenated alkanes) is 32. The highest BCUT2D eigenvalue weighted by molar-refractivity contribution is 7.47. The molecule has 17 nitrogen and oxygen atoms in total. The minimum Gasteiger partial charge on any atom is -0.462 e. The molecule has 0 aliphatic heterocycles. The van der Waals surface area contributed by atoms with Crippen molar-refractivity contribution in [2.24, 2.45) is 5.92 Å². The van der Waals surface area contributed by atoms with Crippen LogP contribution in [0.3, 0.4) is 0 Å². The summed E-state index contributed by atoms with van der Waals surface area (Å²) in [5, 5.41) is 10.5. The van der Waals surface area contributed by atoms with Gasteiger partial charge in [0.15, 0.2) is 12.2 Å². The summed E-state index contributed by atoms with van der Waals surface area (Å²) in [6.45, 7) is 7.07. The number of ether oxygens (including phenoxy) is 4. The summed E-state index contributed by atoms with van der Waals surface area (Å²) in [7, 11) is -9.89. The maximum atomic E-state index is 13.0. The van der Waals surface area contributed by atoms with Gasteiger partial charge in [-0.15, -0.1) is 0 Å². The van der Waals surface area contributed by atoms with E-state index in [4.69, 9.17) is 37.0 Å². The van der Waals surface area contributed by atoms with Crippen LogP contribution in [0.5, 0.6) is 0 Å². The second-order valence-electron chi connectivity index (χ2n) is 23.3. The molecule has 0 fully saturated rings. The van der Waals surface area contributed by atoms with Gasteiger partial charge >= 0.3 is 39.5 Å². The SMILES string of the molecule is CCCCCC/C=C\C=C/CCCCCCCC(=O)O[C@H](COC(=O)CCCCCCCCCCCCC(C)C)COP(=O)(O)OC[C@@H](O)COP(=O)(O)OC[C@@H](COC(=O)CCCCCCCCCC)OC(=O)CCCCCCCCCC. The van der Waals surface area contributed by atoms with Gasteiger partial charge in [0, 0.05) is 25.7 Å². The number of phosphoric acid groups is 2. The average molecular weight is 1240 g/mol. The highest BCUT2D eigenvalue weighted by atomic mass is 31.2. The molecule has 0 aromatic rings. The first-order valence-corrected chi connectivity index (χ1v) is 36.4. The molecule has 5 atom stereocenters. The number of allylic oxidation sites excluding steroid dienone is 4. The number of carbonyl (C=O) groups excluding carboxylic acids is 4. The third-order valence-corrected chi connectivity index (χ3v) is 16.3. The summed E-state index contributed by atoms with van der Waals surface area (Å²) in [5.41, 5.74) is 0. The number of hydrogen-bond acceptors (Lipinski definition) is 15. The largest absolute Gasteiger partial charge is 0.472 e. The molecule has 0 aromatic carbocycles. The van der Waals surface area contributed by atoms with Crippen LogP contribution in [0.4, 0.5) is 0 Å². The third kappa shape index (κ3) is 58.6. The fourth-order valence-electron chi connectivity index (χ4n) is 9.22. The van der Waals surface area contributed by atoms with E-state index in [0.29, 0.717) is 25.7 Å². The number of esters is 4. The summed E-state index contributed by atoms with van der Waals surface area (Å²) in [5.74, 6) is -1.41. The van der Waals surface area contributed by atoms with Crippen LogP contribution < -0.4 is 0 Å². The van der Waals surface area contributed by atoms with Crippen molar-refractivity contribution in [3.63, 3.8) is 0 Å². The molecule has 0 bridgehead atoms. The number of rotatable bonds is 63. The minimum atomic E-state index is -4.95. The van der Waals surface area contributed by atoms with Crippen molar-refractivity contribution in [1.29, 1.82) is 0 Å². The molecule has 0 saturated heterocycles. The van der Waals surface area contributed by atoms with Crippen molar-refractivity contribution in [3.8, 4) is 0 Å². The van der Waals surface area contributed by atoms with Gasteiger partial charge in [0.2, 0.25) is 0 Å². The normalized spacial score (nSPS) is 14.4. The second kappa shape index (κ2) is 58.2. The summed E-state index contributed by atoms with van der Waals surface area (Å²) in [4.78, 5) is 72.1. The fourth-order valence-corrected chi connectivity index (χ4v) is 10.8. The molecule has 19 heteroatoms. The molecule has 0 spiro atoms. The fraction of sp³-hybridized carbons (Fsp3) is 0.877. The lowest BCUT2D eigenvalue weighted by atomic mass is 10.0. The molecule has 0 aromatic heterocycles. The number of aliphatic hydroxyl groups excluding tert-OH is 1. The molecule has 0 saturated carbocycles. The molecule has 84 heavy (non-hydrogen) atoms. The Kier molecular flexibility index (Phi) is 56.5. The van der Waals surface area contributed by atoms with Crippen molar-refractivity contribution in [1.82, 2.24) is 0 Å². The highest BCUT2D eigenvalue weighted by Gasteiger charge is 2.30. The monoisotopic (exact) mass is 1240 g/mol. The van der Waals surface area contributed by atoms with Crippen molar-refractivity contribution < 1.29 is 80.2 Å². The van der Waals surface area contributed by atoms with Gasteiger partial charge in [-0.05, 0) is 57.3 Å². The van der Waals surface area contributed by atoms with E-state index in [1.165, 1.54) is 103 Å². The molecule has 0 heterocycles. The summed E-state index contributed by atoms with van der Waals surface area (Å²) < 4.78 is 67.9. The maximum absolute atomic E-state index is 13.0. The molecular weight excluding hydrogens is 1110 g/mol. The topological polar surface area (TPSA) is 237 Å². The standard InChI is InChI=1S/C65H122O17P2/c1-6-9-12-15-18-21-22-23-24-25-26-31-36-41-46-51-65(70)82-61(55-76-63(68)49-44-39-35-30-28-27-29-32-37-42-47-58(4)5)57-80-84(73,74)78-53-59(66)52-77-83(71,72)79-56-60(81-64(69)50-45-40-34-20-17-14-11-8-3)54-75-62(67)48-43-38-33-19-16-13-10-7-2/h21-24,58-61,66H,6-20,25-57H2,1-5H3,(H,71,72)(H,73,74)/b22-21-,24-23-/t59-,60+,61+/m0/s1. The first kappa shape index (κ1) is 81.5. The highest BCUT2D eigenvalue weighted by Crippen LogP contribution is 2.45. The van der Waals surface area contributed by atoms with Crippen LogP contribution in [-0.4, -0.2) is 96.7 Å². The van der Waals surface area contributed by atoms with Crippen molar-refractivity contribution in [3.05, 3.63) is 24.3 Å². The quantitative estimate of drug-likeness (QED) is 0.0169. The van der Waals surface area contributed by atoms with Gasteiger partial charge in [-0.1, -0.05) is 252 Å². The first-order chi connectivity index (χ1) is 40.5. The molecule has 0 radical (unpaired) electrons. The van der Waals surface area contributed by atoms with Crippen LogP contribution >= 0.6 is 15.6 Å². The first-order valence-electron chi connectivity index (χ1n) is 33.5. The Balaban J connectivity index is 5.25. The summed E-state index contributed by atoms with van der Waals surface area (Å²) in [6, 6.07) is 0. The molecule has 3 N–H and O–H groups in total. The molecule has 2 unspecified atom stereocenters. The Labute approximate surface area is 510 Å². The van der Waals surface area contributed by atoms with Gasteiger partial charge in [-0.3, -0.25) is 37.3 Å². The van der Waals surface area contributed by atoms with Gasteiger partial charge in [0.05, 0.1) is 26.4 Å². The summed E-state index contributed by atoms with van der Waals surface area (Å²) in [6.07, 6.45) is 45.4. The second-order valence-corrected chi connectivity index (χ2v) is 26.2. The predicted octanol–water partition coefficient (Wildman–Crippen LogP) is 17.7. The average Bonchev–Trinajstić information content (AvgIpc) is 3.52. The maximum Gasteiger partial charge on any atom is 0.472 e. The van der Waals surface area contributed by atoms with Crippen LogP contribution in [0.2, 0.25) is 0 Å². The van der Waals surface area contributed by atoms with Crippen LogP contribution in [0, 0.1) is 5.92 Å². The lowest BCUT2D eigenvalue weighted by molar-refractivity contribution is -0.161. The van der Waals surface area contributed by atoms with Gasteiger partial charge in [0.25, 0.3) is 0 Å². The molecule has 494 valence electrons. The Morgan fingerprint density at radius 3 is 0.976 bits per heavy atom. The van der Waals surface area contributed by atoms with Gasteiger partial charge in [-0.25, -0.2) is 9.13 Å². The Morgan fingerprint density at radius 1 is 0.369 bits per heavy atom. The van der Waals surface area contributed by atoms with Gasteiger partial charge in [0.1, 0.15) is 19.3 Å². The van der Waals surface area contributed by atoms with E-state index in [0.717, 1.165) is 121 Å². The zero-order valence-electron chi connectivity index (χ0n) is 53.5. The smallest absolute Gasteiger partial charge is 0.462 e. The number of hydrogen-bond donors (Lipinski definition) is 3. The van der Waals surface area contributed by atoms with E-state index in [2.05, 4.69) is 58.9 Å². The summed E-state index contributed by atoms with van der Waals surface area (Å²) >= 11 is 0. The lowest BCUT2D eigenvalue weighted by Crippen LogP contribution is -2.30. The Bertz CT molecular complexity index is 1730. The van der Waals surface area contributed by atoms with Crippen LogP contribution in [0.25, 0.3) is 0 Å². The zero-order chi connectivity index (χ0) is 62.0. The molecule has 0 aliphatic carbocycles. The molecular formula is C65H122O17P2. The van der Waals surface area contributed by atoms with E-state index in [1.807, 2.05) is 0 Å². The minimum absolute atomic E-state index is 0.0848. The lowest BCUT2D eigenvalue weighted by Gasteiger charge is -2.21. The zero-order valence-corrected chi connectivity index (χ0v) is 55.3. The van der Waals surface area contributed by atoms with E-state index in [9.17, 15) is 43.2 Å². The third-order valence-electron chi connectivity index (χ3n) is 14.4. The number of phosphoric ester groups is 2.